The minimum Gasteiger partial charge on any atom is -0.450 e. The van der Waals surface area contributed by atoms with Crippen molar-refractivity contribution in [1.82, 2.24) is 5.01 Å². The van der Waals surface area contributed by atoms with Crippen molar-refractivity contribution < 1.29 is 23.7 Å². The van der Waals surface area contributed by atoms with Crippen LogP contribution < -0.4 is 0 Å². The van der Waals surface area contributed by atoms with Gasteiger partial charge < -0.3 is 9.15 Å². The van der Waals surface area contributed by atoms with Crippen LogP contribution in [0.1, 0.15) is 47.0 Å². The van der Waals surface area contributed by atoms with Crippen molar-refractivity contribution in [3.05, 3.63) is 105 Å². The molecule has 2 atom stereocenters. The van der Waals surface area contributed by atoms with Crippen LogP contribution >= 0.6 is 0 Å². The fourth-order valence-electron chi connectivity index (χ4n) is 4.74. The van der Waals surface area contributed by atoms with Crippen LogP contribution in [0.4, 0.5) is 5.88 Å². The number of hydrazone groups is 1. The van der Waals surface area contributed by atoms with Gasteiger partial charge in [-0.25, -0.2) is 9.80 Å². The Labute approximate surface area is 206 Å². The fourth-order valence-corrected chi connectivity index (χ4v) is 4.74. The second-order valence-electron chi connectivity index (χ2n) is 8.63. The number of fused-ring (bicyclic) bond motifs is 1. The average Bonchev–Trinajstić information content (AvgIpc) is 3.55. The van der Waals surface area contributed by atoms with Crippen molar-refractivity contribution in [2.24, 2.45) is 11.0 Å². The SMILES string of the molecule is O=C(OCC(=O)N1N=C2C(=Cc3ccccc3)CCCC2C1c1ccccc1)c1ccc([N+](=O)[O-])o1. The lowest BCUT2D eigenvalue weighted by Gasteiger charge is -2.29. The van der Waals surface area contributed by atoms with Crippen molar-refractivity contribution in [3.8, 4) is 0 Å². The molecule has 0 N–H and O–H groups in total. The van der Waals surface area contributed by atoms with Crippen LogP contribution in [-0.2, 0) is 9.53 Å². The molecule has 9 heteroatoms. The molecular weight excluding hydrogens is 462 g/mol. The first-order chi connectivity index (χ1) is 17.5. The van der Waals surface area contributed by atoms with Crippen LogP contribution in [0.15, 0.2) is 87.9 Å². The number of rotatable bonds is 6. The van der Waals surface area contributed by atoms with Crippen molar-refractivity contribution in [3.63, 3.8) is 0 Å². The van der Waals surface area contributed by atoms with Gasteiger partial charge in [-0.1, -0.05) is 60.7 Å². The maximum Gasteiger partial charge on any atom is 0.433 e. The number of amides is 1. The van der Waals surface area contributed by atoms with Crippen molar-refractivity contribution >= 4 is 29.5 Å². The maximum atomic E-state index is 13.3. The second-order valence-corrected chi connectivity index (χ2v) is 8.63. The Morgan fingerprint density at radius 3 is 2.50 bits per heavy atom. The number of hydrogen-bond acceptors (Lipinski definition) is 7. The summed E-state index contributed by atoms with van der Waals surface area (Å²) >= 11 is 0. The molecule has 0 bridgehead atoms. The minimum absolute atomic E-state index is 0.0171. The first-order valence-electron chi connectivity index (χ1n) is 11.6. The van der Waals surface area contributed by atoms with E-state index in [9.17, 15) is 19.7 Å². The molecule has 5 rings (SSSR count). The summed E-state index contributed by atoms with van der Waals surface area (Å²) in [5, 5.41) is 17.0. The third-order valence-electron chi connectivity index (χ3n) is 6.34. The standard InChI is InChI=1S/C27H23N3O6/c31-23(17-35-27(32)22-14-15-24(36-22)30(33)34)29-26(19-10-5-2-6-11-19)21-13-7-12-20(25(21)28-29)16-18-8-3-1-4-9-18/h1-6,8-11,14-16,21,26H,7,12-13,17H2. The lowest BCUT2D eigenvalue weighted by Crippen LogP contribution is -2.34. The van der Waals surface area contributed by atoms with E-state index in [2.05, 4.69) is 6.08 Å². The third-order valence-corrected chi connectivity index (χ3v) is 6.34. The van der Waals surface area contributed by atoms with Crippen LogP contribution in [0.5, 0.6) is 0 Å². The molecule has 1 aliphatic carbocycles. The fraction of sp³-hybridized carbons (Fsp3) is 0.222. The molecular formula is C27H23N3O6. The molecule has 1 saturated carbocycles. The number of benzene rings is 2. The molecule has 1 aliphatic heterocycles. The van der Waals surface area contributed by atoms with Gasteiger partial charge in [-0.15, -0.1) is 0 Å². The molecule has 1 aromatic heterocycles. The predicted octanol–water partition coefficient (Wildman–Crippen LogP) is 5.17. The summed E-state index contributed by atoms with van der Waals surface area (Å²) in [5.74, 6) is -2.35. The highest BCUT2D eigenvalue weighted by Crippen LogP contribution is 2.44. The molecule has 0 spiro atoms. The van der Waals surface area contributed by atoms with Crippen molar-refractivity contribution in [2.45, 2.75) is 25.3 Å². The highest BCUT2D eigenvalue weighted by Gasteiger charge is 2.43. The minimum atomic E-state index is -0.957. The number of nitro groups is 1. The number of allylic oxidation sites excluding steroid dienone is 1. The van der Waals surface area contributed by atoms with E-state index in [0.29, 0.717) is 0 Å². The van der Waals surface area contributed by atoms with Gasteiger partial charge in [-0.2, -0.15) is 5.10 Å². The maximum absolute atomic E-state index is 13.3. The highest BCUT2D eigenvalue weighted by molar-refractivity contribution is 6.08. The van der Waals surface area contributed by atoms with Gasteiger partial charge >= 0.3 is 11.9 Å². The Bertz CT molecular complexity index is 1350. The number of esters is 1. The Morgan fingerprint density at radius 2 is 1.81 bits per heavy atom. The average molecular weight is 485 g/mol. The summed E-state index contributed by atoms with van der Waals surface area (Å²) in [7, 11) is 0. The van der Waals surface area contributed by atoms with Crippen LogP contribution in [-0.4, -0.2) is 34.1 Å². The van der Waals surface area contributed by atoms with Gasteiger partial charge in [0.1, 0.15) is 4.92 Å². The normalized spacial score (nSPS) is 20.1. The zero-order valence-corrected chi connectivity index (χ0v) is 19.3. The summed E-state index contributed by atoms with van der Waals surface area (Å²) in [6.07, 6.45) is 4.83. The number of carbonyl (C=O) groups is 2. The van der Waals surface area contributed by atoms with E-state index in [0.717, 1.165) is 53.8 Å². The topological polar surface area (TPSA) is 115 Å². The first kappa shape index (κ1) is 23.2. The van der Waals surface area contributed by atoms with Gasteiger partial charge in [0.25, 0.3) is 5.91 Å². The molecule has 182 valence electrons. The van der Waals surface area contributed by atoms with E-state index < -0.39 is 29.3 Å². The van der Waals surface area contributed by atoms with Gasteiger partial charge in [-0.3, -0.25) is 14.9 Å². The van der Waals surface area contributed by atoms with E-state index in [1.165, 1.54) is 5.01 Å². The lowest BCUT2D eigenvalue weighted by molar-refractivity contribution is -0.402. The predicted molar refractivity (Wildman–Crippen MR) is 131 cm³/mol. The smallest absolute Gasteiger partial charge is 0.433 e. The van der Waals surface area contributed by atoms with Gasteiger partial charge in [0, 0.05) is 5.92 Å². The van der Waals surface area contributed by atoms with E-state index in [-0.39, 0.29) is 17.7 Å². The molecule has 2 aliphatic rings. The largest absolute Gasteiger partial charge is 0.450 e. The number of hydrogen-bond donors (Lipinski definition) is 0. The van der Waals surface area contributed by atoms with E-state index in [4.69, 9.17) is 14.3 Å². The van der Waals surface area contributed by atoms with Gasteiger partial charge in [-0.05, 0) is 48.1 Å². The summed E-state index contributed by atoms with van der Waals surface area (Å²) < 4.78 is 9.99. The molecule has 1 fully saturated rings. The number of carbonyl (C=O) groups excluding carboxylic acids is 2. The zero-order chi connectivity index (χ0) is 25.1. The molecule has 2 unspecified atom stereocenters. The molecule has 0 saturated heterocycles. The molecule has 3 aromatic rings. The van der Waals surface area contributed by atoms with E-state index in [1.54, 1.807) is 0 Å². The highest BCUT2D eigenvalue weighted by atomic mass is 16.7. The van der Waals surface area contributed by atoms with Crippen LogP contribution in [0.3, 0.4) is 0 Å². The molecule has 36 heavy (non-hydrogen) atoms. The zero-order valence-electron chi connectivity index (χ0n) is 19.3. The van der Waals surface area contributed by atoms with Crippen molar-refractivity contribution in [2.75, 3.05) is 6.61 Å². The molecule has 2 heterocycles. The summed E-state index contributed by atoms with van der Waals surface area (Å²) in [6, 6.07) is 21.5. The number of furan rings is 1. The van der Waals surface area contributed by atoms with Crippen molar-refractivity contribution in [1.29, 1.82) is 0 Å². The Hall–Kier alpha value is -4.53. The van der Waals surface area contributed by atoms with Gasteiger partial charge in [0.2, 0.25) is 5.76 Å². The van der Waals surface area contributed by atoms with Crippen LogP contribution in [0.2, 0.25) is 0 Å². The quantitative estimate of drug-likeness (QED) is 0.270. The molecule has 1 amide bonds. The first-order valence-corrected chi connectivity index (χ1v) is 11.6. The van der Waals surface area contributed by atoms with Crippen LogP contribution in [0.25, 0.3) is 6.08 Å². The number of ether oxygens (including phenoxy) is 1. The Kier molecular flexibility index (Phi) is 6.44. The van der Waals surface area contributed by atoms with Crippen LogP contribution in [0, 0.1) is 16.0 Å². The Morgan fingerprint density at radius 1 is 1.08 bits per heavy atom. The Balaban J connectivity index is 1.40. The van der Waals surface area contributed by atoms with Gasteiger partial charge in [0.05, 0.1) is 17.8 Å². The van der Waals surface area contributed by atoms with E-state index >= 15 is 0 Å². The summed E-state index contributed by atoms with van der Waals surface area (Å²) in [6.45, 7) is -0.572. The summed E-state index contributed by atoms with van der Waals surface area (Å²) in [4.78, 5) is 35.6. The third kappa shape index (κ3) is 4.68. The van der Waals surface area contributed by atoms with Gasteiger partial charge in [0.15, 0.2) is 6.61 Å². The monoisotopic (exact) mass is 485 g/mol. The molecule has 0 radical (unpaired) electrons. The molecule has 9 nitrogen and oxygen atoms in total. The molecule has 2 aromatic carbocycles. The van der Waals surface area contributed by atoms with E-state index in [1.807, 2.05) is 60.7 Å². The second kappa shape index (κ2) is 9.99. The lowest BCUT2D eigenvalue weighted by atomic mass is 9.77. The number of nitrogens with zero attached hydrogens (tertiary/aromatic N) is 3. The summed E-state index contributed by atoms with van der Waals surface area (Å²) in [5.41, 5.74) is 3.98.